The first-order chi connectivity index (χ1) is 14.1. The second-order valence-corrected chi connectivity index (χ2v) is 6.41. The number of hydrogen-bond acceptors (Lipinski definition) is 6. The van der Waals surface area contributed by atoms with Gasteiger partial charge < -0.3 is 14.2 Å². The Hall–Kier alpha value is -4.11. The third kappa shape index (κ3) is 3.19. The van der Waals surface area contributed by atoms with Crippen molar-refractivity contribution in [3.8, 4) is 28.8 Å². The zero-order chi connectivity index (χ0) is 20.4. The van der Waals surface area contributed by atoms with Gasteiger partial charge in [0.15, 0.2) is 11.0 Å². The summed E-state index contributed by atoms with van der Waals surface area (Å²) in [5.41, 5.74) is 2.19. The van der Waals surface area contributed by atoms with Crippen molar-refractivity contribution in [1.82, 2.24) is 4.98 Å². The van der Waals surface area contributed by atoms with E-state index in [-0.39, 0.29) is 22.9 Å². The molecule has 0 aliphatic carbocycles. The lowest BCUT2D eigenvalue weighted by Gasteiger charge is -2.09. The molecular formula is C23H17N3O3. The predicted octanol–water partition coefficient (Wildman–Crippen LogP) is 4.89. The number of anilines is 1. The highest BCUT2D eigenvalue weighted by Crippen LogP contribution is 2.33. The van der Waals surface area contributed by atoms with Crippen LogP contribution in [0, 0.1) is 18.3 Å². The Balaban J connectivity index is 1.96. The SMILES string of the molecule is C=CCNc1oc(-c2cccc3c(=O)c(C)c(-c4ccccc4)oc23)nc1C#N. The van der Waals surface area contributed by atoms with Crippen LogP contribution in [-0.4, -0.2) is 11.5 Å². The van der Waals surface area contributed by atoms with Crippen LogP contribution in [0.2, 0.25) is 0 Å². The minimum atomic E-state index is -0.121. The normalized spacial score (nSPS) is 10.6. The van der Waals surface area contributed by atoms with Crippen LogP contribution >= 0.6 is 0 Å². The minimum Gasteiger partial charge on any atom is -0.455 e. The van der Waals surface area contributed by atoms with Gasteiger partial charge in [-0.2, -0.15) is 10.2 Å². The van der Waals surface area contributed by atoms with Crippen LogP contribution in [0.5, 0.6) is 0 Å². The number of aromatic nitrogens is 1. The van der Waals surface area contributed by atoms with Gasteiger partial charge in [-0.05, 0) is 19.1 Å². The van der Waals surface area contributed by atoms with Crippen molar-refractivity contribution in [2.24, 2.45) is 0 Å². The largest absolute Gasteiger partial charge is 0.455 e. The molecule has 29 heavy (non-hydrogen) atoms. The molecule has 0 spiro atoms. The monoisotopic (exact) mass is 383 g/mol. The van der Waals surface area contributed by atoms with E-state index in [9.17, 15) is 10.1 Å². The standard InChI is InChI=1S/C23H17N3O3/c1-3-12-25-23-18(13-24)26-22(29-23)17-11-7-10-16-19(27)14(2)20(28-21(16)17)15-8-5-4-6-9-15/h3-11,25H,1,12H2,2H3. The van der Waals surface area contributed by atoms with E-state index < -0.39 is 0 Å². The average Bonchev–Trinajstić information content (AvgIpc) is 3.18. The first kappa shape index (κ1) is 18.3. The van der Waals surface area contributed by atoms with E-state index >= 15 is 0 Å². The van der Waals surface area contributed by atoms with Crippen molar-refractivity contribution >= 4 is 16.9 Å². The number of nitrogens with zero attached hydrogens (tertiary/aromatic N) is 2. The molecule has 0 unspecified atom stereocenters. The first-order valence-electron chi connectivity index (χ1n) is 9.02. The van der Waals surface area contributed by atoms with E-state index in [4.69, 9.17) is 8.83 Å². The van der Waals surface area contributed by atoms with Gasteiger partial charge >= 0.3 is 0 Å². The summed E-state index contributed by atoms with van der Waals surface area (Å²) in [4.78, 5) is 17.3. The highest BCUT2D eigenvalue weighted by Gasteiger charge is 2.20. The van der Waals surface area contributed by atoms with Crippen molar-refractivity contribution in [3.63, 3.8) is 0 Å². The number of benzene rings is 2. The zero-order valence-corrected chi connectivity index (χ0v) is 15.7. The van der Waals surface area contributed by atoms with Crippen LogP contribution in [0.15, 0.2) is 74.8 Å². The van der Waals surface area contributed by atoms with Gasteiger partial charge in [0.1, 0.15) is 11.8 Å². The lowest BCUT2D eigenvalue weighted by atomic mass is 10.0. The molecule has 6 heteroatoms. The van der Waals surface area contributed by atoms with E-state index in [1.807, 2.05) is 36.4 Å². The van der Waals surface area contributed by atoms with Crippen LogP contribution in [0.1, 0.15) is 11.3 Å². The Bertz CT molecular complexity index is 1310. The van der Waals surface area contributed by atoms with Gasteiger partial charge in [0.05, 0.1) is 10.9 Å². The van der Waals surface area contributed by atoms with Crippen LogP contribution in [0.3, 0.4) is 0 Å². The van der Waals surface area contributed by atoms with Gasteiger partial charge in [0, 0.05) is 17.7 Å². The molecule has 2 heterocycles. The number of nitriles is 1. The van der Waals surface area contributed by atoms with Crippen LogP contribution in [0.25, 0.3) is 33.7 Å². The molecule has 0 fully saturated rings. The Morgan fingerprint density at radius 1 is 1.17 bits per heavy atom. The molecule has 1 N–H and O–H groups in total. The Morgan fingerprint density at radius 3 is 2.69 bits per heavy atom. The van der Waals surface area contributed by atoms with Crippen LogP contribution in [-0.2, 0) is 0 Å². The summed E-state index contributed by atoms with van der Waals surface area (Å²) in [7, 11) is 0. The van der Waals surface area contributed by atoms with Gasteiger partial charge in [-0.3, -0.25) is 4.79 Å². The van der Waals surface area contributed by atoms with Gasteiger partial charge in [-0.1, -0.05) is 42.5 Å². The molecule has 0 bridgehead atoms. The van der Waals surface area contributed by atoms with Crippen LogP contribution in [0.4, 0.5) is 5.88 Å². The maximum absolute atomic E-state index is 13.0. The quantitative estimate of drug-likeness (QED) is 0.493. The van der Waals surface area contributed by atoms with E-state index in [2.05, 4.69) is 16.9 Å². The average molecular weight is 383 g/mol. The fourth-order valence-electron chi connectivity index (χ4n) is 3.14. The molecule has 0 amide bonds. The molecule has 0 aliphatic rings. The number of oxazole rings is 1. The van der Waals surface area contributed by atoms with E-state index in [1.54, 1.807) is 31.2 Å². The minimum absolute atomic E-state index is 0.121. The lowest BCUT2D eigenvalue weighted by molar-refractivity contribution is 0.580. The molecule has 6 nitrogen and oxygen atoms in total. The fraction of sp³-hybridized carbons (Fsp3) is 0.0870. The number of nitrogens with one attached hydrogen (secondary N) is 1. The molecule has 0 saturated carbocycles. The Morgan fingerprint density at radius 2 is 1.97 bits per heavy atom. The lowest BCUT2D eigenvalue weighted by Crippen LogP contribution is -2.07. The summed E-state index contributed by atoms with van der Waals surface area (Å²) in [5.74, 6) is 0.939. The molecule has 0 atom stereocenters. The van der Waals surface area contributed by atoms with E-state index in [0.29, 0.717) is 34.4 Å². The van der Waals surface area contributed by atoms with E-state index in [1.165, 1.54) is 0 Å². The summed E-state index contributed by atoms with van der Waals surface area (Å²) >= 11 is 0. The third-order valence-corrected chi connectivity index (χ3v) is 4.55. The smallest absolute Gasteiger partial charge is 0.233 e. The van der Waals surface area contributed by atoms with Crippen molar-refractivity contribution in [2.45, 2.75) is 6.92 Å². The molecule has 0 saturated heterocycles. The van der Waals surface area contributed by atoms with Crippen molar-refractivity contribution in [1.29, 1.82) is 5.26 Å². The predicted molar refractivity (Wildman–Crippen MR) is 112 cm³/mol. The van der Waals surface area contributed by atoms with Gasteiger partial charge in [-0.15, -0.1) is 6.58 Å². The van der Waals surface area contributed by atoms with E-state index in [0.717, 1.165) is 5.56 Å². The molecule has 142 valence electrons. The third-order valence-electron chi connectivity index (χ3n) is 4.55. The molecular weight excluding hydrogens is 366 g/mol. The van der Waals surface area contributed by atoms with Crippen molar-refractivity contribution in [2.75, 3.05) is 11.9 Å². The summed E-state index contributed by atoms with van der Waals surface area (Å²) in [6, 6.07) is 16.6. The molecule has 4 rings (SSSR count). The number of fused-ring (bicyclic) bond motifs is 1. The Labute approximate surface area is 166 Å². The highest BCUT2D eigenvalue weighted by atomic mass is 16.4. The van der Waals surface area contributed by atoms with Gasteiger partial charge in [0.25, 0.3) is 0 Å². The van der Waals surface area contributed by atoms with Gasteiger partial charge in [-0.25, -0.2) is 0 Å². The highest BCUT2D eigenvalue weighted by molar-refractivity contribution is 5.91. The number of rotatable bonds is 5. The summed E-state index contributed by atoms with van der Waals surface area (Å²) in [6.45, 7) is 5.80. The fourth-order valence-corrected chi connectivity index (χ4v) is 3.14. The summed E-state index contributed by atoms with van der Waals surface area (Å²) in [6.07, 6.45) is 1.65. The molecule has 4 aromatic rings. The Kier molecular flexibility index (Phi) is 4.71. The second-order valence-electron chi connectivity index (χ2n) is 6.41. The molecule has 2 aromatic heterocycles. The number of hydrogen-bond donors (Lipinski definition) is 1. The van der Waals surface area contributed by atoms with Gasteiger partial charge in [0.2, 0.25) is 17.5 Å². The maximum atomic E-state index is 13.0. The van der Waals surface area contributed by atoms with Crippen molar-refractivity contribution in [3.05, 3.63) is 82.7 Å². The molecule has 0 radical (unpaired) electrons. The zero-order valence-electron chi connectivity index (χ0n) is 15.7. The molecule has 2 aromatic carbocycles. The summed E-state index contributed by atoms with van der Waals surface area (Å²) < 4.78 is 12.0. The second kappa shape index (κ2) is 7.49. The molecule has 0 aliphatic heterocycles. The maximum Gasteiger partial charge on any atom is 0.233 e. The first-order valence-corrected chi connectivity index (χ1v) is 9.02. The van der Waals surface area contributed by atoms with Crippen LogP contribution < -0.4 is 10.7 Å². The number of para-hydroxylation sites is 1. The van der Waals surface area contributed by atoms with Crippen molar-refractivity contribution < 1.29 is 8.83 Å². The topological polar surface area (TPSA) is 92.1 Å². The summed E-state index contributed by atoms with van der Waals surface area (Å²) in [5, 5.41) is 12.7.